The van der Waals surface area contributed by atoms with E-state index in [1.807, 2.05) is 28.7 Å². The third kappa shape index (κ3) is 8.01. The van der Waals surface area contributed by atoms with Gasteiger partial charge in [-0.15, -0.1) is 0 Å². The van der Waals surface area contributed by atoms with E-state index in [2.05, 4.69) is 21.2 Å². The molecule has 216 valence electrons. The minimum absolute atomic E-state index is 0.122. The standard InChI is InChI=1S/C27H28IN5O8/c1-5-39-26(35)23-15(2)31-27(36)32-24(23)17-6-7-19(20(12-17)37-3)41-14-22(34)33-30-13-16-10-18(28)25(40-9-8-29)21(11-16)38-4/h6-7,10-13,24H,5,9,14H2,1-4H3,(H,33,34)(H2,31,32,36)/b30-13-/t24-/m0/s1. The van der Waals surface area contributed by atoms with E-state index >= 15 is 0 Å². The summed E-state index contributed by atoms with van der Waals surface area (Å²) in [7, 11) is 2.90. The van der Waals surface area contributed by atoms with Crippen molar-refractivity contribution in [3.63, 3.8) is 0 Å². The molecule has 0 unspecified atom stereocenters. The van der Waals surface area contributed by atoms with Crippen LogP contribution >= 0.6 is 22.6 Å². The summed E-state index contributed by atoms with van der Waals surface area (Å²) >= 11 is 2.05. The normalized spacial score (nSPS) is 14.4. The van der Waals surface area contributed by atoms with E-state index in [9.17, 15) is 14.4 Å². The fraction of sp³-hybridized carbons (Fsp3) is 0.296. The minimum Gasteiger partial charge on any atom is -0.493 e. The van der Waals surface area contributed by atoms with Crippen LogP contribution in [0.2, 0.25) is 0 Å². The van der Waals surface area contributed by atoms with E-state index < -0.39 is 23.9 Å². The number of benzene rings is 2. The lowest BCUT2D eigenvalue weighted by molar-refractivity contribution is -0.139. The summed E-state index contributed by atoms with van der Waals surface area (Å²) in [5.74, 6) is 0.319. The van der Waals surface area contributed by atoms with Crippen LogP contribution in [-0.2, 0) is 14.3 Å². The number of urea groups is 1. The Hall–Kier alpha value is -4.52. The summed E-state index contributed by atoms with van der Waals surface area (Å²) in [6, 6.07) is 8.89. The van der Waals surface area contributed by atoms with Crippen molar-refractivity contribution in [3.05, 3.63) is 56.3 Å². The highest BCUT2D eigenvalue weighted by atomic mass is 127. The van der Waals surface area contributed by atoms with Crippen LogP contribution in [0.1, 0.15) is 31.0 Å². The molecule has 0 aromatic heterocycles. The average Bonchev–Trinajstić information content (AvgIpc) is 2.94. The summed E-state index contributed by atoms with van der Waals surface area (Å²) in [6.45, 7) is 3.00. The molecule has 3 N–H and O–H groups in total. The van der Waals surface area contributed by atoms with Gasteiger partial charge in [0, 0.05) is 5.70 Å². The highest BCUT2D eigenvalue weighted by molar-refractivity contribution is 14.1. The molecule has 1 atom stereocenters. The fourth-order valence-electron chi connectivity index (χ4n) is 3.82. The lowest BCUT2D eigenvalue weighted by Crippen LogP contribution is -2.45. The van der Waals surface area contributed by atoms with Crippen LogP contribution in [0.4, 0.5) is 4.79 Å². The van der Waals surface area contributed by atoms with Crippen LogP contribution in [0.25, 0.3) is 0 Å². The topological polar surface area (TPSA) is 170 Å². The molecule has 1 aliphatic rings. The minimum atomic E-state index is -0.781. The number of nitrogens with one attached hydrogen (secondary N) is 3. The number of hydrazone groups is 1. The third-order valence-electron chi connectivity index (χ3n) is 5.58. The monoisotopic (exact) mass is 677 g/mol. The maximum atomic E-state index is 12.6. The van der Waals surface area contributed by atoms with Gasteiger partial charge in [0.15, 0.2) is 36.2 Å². The first kappa shape index (κ1) is 31.0. The molecule has 14 heteroatoms. The molecule has 0 saturated carbocycles. The Morgan fingerprint density at radius 3 is 2.59 bits per heavy atom. The maximum absolute atomic E-state index is 12.6. The zero-order valence-corrected chi connectivity index (χ0v) is 24.9. The zero-order valence-electron chi connectivity index (χ0n) is 22.7. The smallest absolute Gasteiger partial charge is 0.338 e. The molecular weight excluding hydrogens is 649 g/mol. The maximum Gasteiger partial charge on any atom is 0.338 e. The summed E-state index contributed by atoms with van der Waals surface area (Å²) < 4.78 is 27.6. The molecule has 2 aromatic rings. The highest BCUT2D eigenvalue weighted by Crippen LogP contribution is 2.35. The SMILES string of the molecule is CCOC(=O)C1=C(C)NC(=O)N[C@H]1c1ccc(OCC(=O)N/N=C\c2cc(I)c(OCC#N)c(OC)c2)c(OC)c1. The van der Waals surface area contributed by atoms with Crippen LogP contribution < -0.4 is 35.0 Å². The summed E-state index contributed by atoms with van der Waals surface area (Å²) in [5, 5.41) is 18.0. The number of nitriles is 1. The number of amides is 3. The van der Waals surface area contributed by atoms with Gasteiger partial charge in [-0.3, -0.25) is 4.79 Å². The quantitative estimate of drug-likeness (QED) is 0.132. The van der Waals surface area contributed by atoms with Gasteiger partial charge in [-0.25, -0.2) is 15.0 Å². The average molecular weight is 677 g/mol. The lowest BCUT2D eigenvalue weighted by atomic mass is 9.95. The highest BCUT2D eigenvalue weighted by Gasteiger charge is 2.32. The fourth-order valence-corrected chi connectivity index (χ4v) is 4.60. The molecule has 3 amide bonds. The Bertz CT molecular complexity index is 1420. The van der Waals surface area contributed by atoms with Crippen molar-refractivity contribution >= 4 is 46.7 Å². The Labute approximate surface area is 249 Å². The molecule has 1 aliphatic heterocycles. The molecule has 0 aliphatic carbocycles. The number of nitrogens with zero attached hydrogens (tertiary/aromatic N) is 2. The largest absolute Gasteiger partial charge is 0.493 e. The Balaban J connectivity index is 1.67. The van der Waals surface area contributed by atoms with Gasteiger partial charge in [-0.05, 0) is 71.8 Å². The predicted octanol–water partition coefficient (Wildman–Crippen LogP) is 2.93. The van der Waals surface area contributed by atoms with Crippen LogP contribution in [0.5, 0.6) is 23.0 Å². The van der Waals surface area contributed by atoms with Crippen molar-refractivity contribution in [2.45, 2.75) is 19.9 Å². The molecule has 3 rings (SSSR count). The first-order chi connectivity index (χ1) is 19.7. The number of ether oxygens (including phenoxy) is 5. The van der Waals surface area contributed by atoms with Crippen molar-refractivity contribution in [3.8, 4) is 29.1 Å². The molecule has 0 bridgehead atoms. The van der Waals surface area contributed by atoms with Crippen LogP contribution in [0.15, 0.2) is 46.7 Å². The number of methoxy groups -OCH3 is 2. The van der Waals surface area contributed by atoms with E-state index in [1.54, 1.807) is 44.2 Å². The molecule has 2 aromatic carbocycles. The molecule has 41 heavy (non-hydrogen) atoms. The number of rotatable bonds is 12. The first-order valence-electron chi connectivity index (χ1n) is 12.2. The van der Waals surface area contributed by atoms with Gasteiger partial charge in [-0.2, -0.15) is 10.4 Å². The number of carbonyl (C=O) groups is 3. The number of esters is 1. The Kier molecular flexibility index (Phi) is 11.2. The summed E-state index contributed by atoms with van der Waals surface area (Å²) in [5.41, 5.74) is 4.20. The van der Waals surface area contributed by atoms with Crippen LogP contribution in [0, 0.1) is 14.9 Å². The van der Waals surface area contributed by atoms with E-state index in [0.29, 0.717) is 31.9 Å². The van der Waals surface area contributed by atoms with E-state index in [4.69, 9.17) is 28.9 Å². The van der Waals surface area contributed by atoms with E-state index in [0.717, 1.165) is 0 Å². The molecule has 1 heterocycles. The van der Waals surface area contributed by atoms with Crippen molar-refractivity contribution in [2.75, 3.05) is 34.0 Å². The molecule has 0 radical (unpaired) electrons. The first-order valence-corrected chi connectivity index (χ1v) is 13.3. The molecule has 0 saturated heterocycles. The van der Waals surface area contributed by atoms with Crippen LogP contribution in [0.3, 0.4) is 0 Å². The summed E-state index contributed by atoms with van der Waals surface area (Å²) in [4.78, 5) is 37.0. The molecule has 13 nitrogen and oxygen atoms in total. The van der Waals surface area contributed by atoms with Crippen molar-refractivity contribution in [1.82, 2.24) is 16.1 Å². The van der Waals surface area contributed by atoms with E-state index in [-0.39, 0.29) is 36.9 Å². The predicted molar refractivity (Wildman–Crippen MR) is 155 cm³/mol. The number of allylic oxidation sites excluding steroid dienone is 1. The Morgan fingerprint density at radius 2 is 1.90 bits per heavy atom. The third-order valence-corrected chi connectivity index (χ3v) is 6.38. The van der Waals surface area contributed by atoms with E-state index in [1.165, 1.54) is 20.4 Å². The lowest BCUT2D eigenvalue weighted by Gasteiger charge is -2.28. The summed E-state index contributed by atoms with van der Waals surface area (Å²) in [6.07, 6.45) is 1.43. The van der Waals surface area contributed by atoms with Crippen molar-refractivity contribution in [2.24, 2.45) is 5.10 Å². The Morgan fingerprint density at radius 1 is 1.15 bits per heavy atom. The molecular formula is C27H28IN5O8. The van der Waals surface area contributed by atoms with Gasteiger partial charge in [0.1, 0.15) is 6.07 Å². The number of halogens is 1. The number of hydrogen-bond acceptors (Lipinski definition) is 10. The van der Waals surface area contributed by atoms with Crippen molar-refractivity contribution in [1.29, 1.82) is 5.26 Å². The second-order valence-corrected chi connectivity index (χ2v) is 9.43. The van der Waals surface area contributed by atoms with Crippen molar-refractivity contribution < 1.29 is 38.1 Å². The van der Waals surface area contributed by atoms with Gasteiger partial charge in [0.05, 0.1) is 42.2 Å². The second kappa shape index (κ2) is 14.7. The van der Waals surface area contributed by atoms with Crippen LogP contribution in [-0.4, -0.2) is 58.2 Å². The molecule has 0 spiro atoms. The zero-order chi connectivity index (χ0) is 29.9. The van der Waals surface area contributed by atoms with Gasteiger partial charge in [-0.1, -0.05) is 6.07 Å². The van der Waals surface area contributed by atoms with Gasteiger partial charge in [0.2, 0.25) is 0 Å². The number of carbonyl (C=O) groups excluding carboxylic acids is 3. The molecule has 0 fully saturated rings. The van der Waals surface area contributed by atoms with Gasteiger partial charge in [0.25, 0.3) is 5.91 Å². The van der Waals surface area contributed by atoms with Gasteiger partial charge < -0.3 is 34.3 Å². The number of hydrogen-bond donors (Lipinski definition) is 3. The van der Waals surface area contributed by atoms with Gasteiger partial charge >= 0.3 is 12.0 Å². The second-order valence-electron chi connectivity index (χ2n) is 8.26.